The Morgan fingerprint density at radius 1 is 1.14 bits per heavy atom. The van der Waals surface area contributed by atoms with Crippen LogP contribution in [0.3, 0.4) is 0 Å². The van der Waals surface area contributed by atoms with Gasteiger partial charge in [-0.15, -0.1) is 0 Å². The molecule has 11 heteroatoms. The van der Waals surface area contributed by atoms with E-state index in [0.29, 0.717) is 53.7 Å². The van der Waals surface area contributed by atoms with Crippen LogP contribution in [0, 0.1) is 5.82 Å². The van der Waals surface area contributed by atoms with E-state index in [0.717, 1.165) is 13.1 Å². The Kier molecular flexibility index (Phi) is 5.71. The largest absolute Gasteiger partial charge is 0.487 e. The first kappa shape index (κ1) is 23.3. The first-order valence-electron chi connectivity index (χ1n) is 12.1. The molecule has 1 fully saturated rings. The molecule has 37 heavy (non-hydrogen) atoms. The molecule has 0 bridgehead atoms. The molecule has 6 rings (SSSR count). The number of halogens is 1. The van der Waals surface area contributed by atoms with Crippen LogP contribution >= 0.6 is 0 Å². The minimum absolute atomic E-state index is 0.101. The van der Waals surface area contributed by atoms with Crippen LogP contribution in [-0.2, 0) is 0 Å². The molecule has 2 aromatic carbocycles. The lowest BCUT2D eigenvalue weighted by atomic mass is 10.0. The van der Waals surface area contributed by atoms with Crippen molar-refractivity contribution in [3.05, 3.63) is 57.6 Å². The average molecular weight is 508 g/mol. The normalized spacial score (nSPS) is 18.9. The molecule has 0 saturated carbocycles. The number of benzene rings is 2. The van der Waals surface area contributed by atoms with Crippen molar-refractivity contribution >= 4 is 28.7 Å². The Labute approximate surface area is 211 Å². The fourth-order valence-corrected chi connectivity index (χ4v) is 4.92. The minimum atomic E-state index is -0.684. The zero-order valence-corrected chi connectivity index (χ0v) is 20.5. The van der Waals surface area contributed by atoms with E-state index in [2.05, 4.69) is 15.4 Å². The lowest BCUT2D eigenvalue weighted by Gasteiger charge is -2.37. The number of hydrazone groups is 1. The second-order valence-corrected chi connectivity index (χ2v) is 9.47. The van der Waals surface area contributed by atoms with Crippen molar-refractivity contribution in [2.75, 3.05) is 51.5 Å². The Balaban J connectivity index is 1.34. The van der Waals surface area contributed by atoms with E-state index in [1.54, 1.807) is 18.2 Å². The van der Waals surface area contributed by atoms with Crippen LogP contribution in [0.15, 0.2) is 40.4 Å². The Morgan fingerprint density at radius 2 is 1.92 bits per heavy atom. The summed E-state index contributed by atoms with van der Waals surface area (Å²) in [5, 5.41) is 4.09. The third kappa shape index (κ3) is 4.05. The van der Waals surface area contributed by atoms with Gasteiger partial charge in [0.05, 0.1) is 23.2 Å². The number of piperazine rings is 1. The Morgan fingerprint density at radius 3 is 2.73 bits per heavy atom. The molecule has 3 aliphatic heterocycles. The van der Waals surface area contributed by atoms with Gasteiger partial charge in [-0.25, -0.2) is 9.82 Å². The Hall–Kier alpha value is -4.12. The lowest BCUT2D eigenvalue weighted by molar-refractivity contribution is 0.0953. The van der Waals surface area contributed by atoms with E-state index < -0.39 is 17.2 Å². The van der Waals surface area contributed by atoms with Crippen molar-refractivity contribution in [3.63, 3.8) is 0 Å². The zero-order chi connectivity index (χ0) is 25.7. The molecule has 3 aromatic rings. The highest BCUT2D eigenvalue weighted by Crippen LogP contribution is 2.42. The molecule has 1 atom stereocenters. The van der Waals surface area contributed by atoms with Gasteiger partial charge in [0, 0.05) is 32.4 Å². The summed E-state index contributed by atoms with van der Waals surface area (Å²) < 4.78 is 33.9. The predicted molar refractivity (Wildman–Crippen MR) is 136 cm³/mol. The summed E-state index contributed by atoms with van der Waals surface area (Å²) in [5.74, 6) is 0.356. The van der Waals surface area contributed by atoms with Crippen molar-refractivity contribution in [2.45, 2.75) is 13.0 Å². The van der Waals surface area contributed by atoms with E-state index in [-0.39, 0.29) is 23.8 Å². The van der Waals surface area contributed by atoms with Gasteiger partial charge in [-0.3, -0.25) is 9.59 Å². The quantitative estimate of drug-likeness (QED) is 0.428. The molecule has 0 aliphatic carbocycles. The third-order valence-corrected chi connectivity index (χ3v) is 6.98. The van der Waals surface area contributed by atoms with Crippen LogP contribution < -0.4 is 30.0 Å². The maximum atomic E-state index is 15.5. The topological polar surface area (TPSA) is 97.6 Å². The minimum Gasteiger partial charge on any atom is -0.487 e. The fraction of sp³-hybridized carbons (Fsp3) is 0.346. The number of carbonyl (C=O) groups excluding carboxylic acids is 1. The summed E-state index contributed by atoms with van der Waals surface area (Å²) in [6.45, 7) is 5.26. The monoisotopic (exact) mass is 507 g/mol. The summed E-state index contributed by atoms with van der Waals surface area (Å²) in [4.78, 5) is 30.5. The highest BCUT2D eigenvalue weighted by atomic mass is 19.1. The molecule has 4 heterocycles. The van der Waals surface area contributed by atoms with Crippen LogP contribution in [0.2, 0.25) is 0 Å². The molecule has 3 aliphatic rings. The van der Waals surface area contributed by atoms with Gasteiger partial charge in [0.15, 0.2) is 23.1 Å². The second-order valence-electron chi connectivity index (χ2n) is 9.47. The number of pyridine rings is 1. The molecular formula is C26H26FN5O5. The van der Waals surface area contributed by atoms with Gasteiger partial charge in [0.1, 0.15) is 17.9 Å². The average Bonchev–Trinajstić information content (AvgIpc) is 3.36. The summed E-state index contributed by atoms with van der Waals surface area (Å²) >= 11 is 0. The van der Waals surface area contributed by atoms with Gasteiger partial charge in [0.25, 0.3) is 5.91 Å². The number of likely N-dealkylation sites (N-methyl/N-ethyl adjacent to an activating group) is 1. The molecule has 1 amide bonds. The number of hydrogen-bond donors (Lipinski definition) is 1. The molecule has 1 saturated heterocycles. The second kappa shape index (κ2) is 9.07. The van der Waals surface area contributed by atoms with Crippen LogP contribution in [0.1, 0.15) is 28.9 Å². The van der Waals surface area contributed by atoms with Crippen molar-refractivity contribution in [2.24, 2.45) is 5.10 Å². The number of fused-ring (bicyclic) bond motifs is 1. The number of ether oxygens (including phenoxy) is 3. The number of carbonyl (C=O) groups is 1. The SMILES string of the molecule is CC1COc2c(N3CCN(C)CC3)c(F)cc3c(=O)c(C(=O)N/N=C/c4ccc5c(c4)OCO5)cn1c23. The van der Waals surface area contributed by atoms with Crippen LogP contribution in [0.25, 0.3) is 10.9 Å². The number of nitrogens with one attached hydrogen (secondary N) is 1. The van der Waals surface area contributed by atoms with Crippen LogP contribution in [0.4, 0.5) is 10.1 Å². The van der Waals surface area contributed by atoms with Crippen molar-refractivity contribution < 1.29 is 23.4 Å². The van der Waals surface area contributed by atoms with Gasteiger partial charge < -0.3 is 28.6 Å². The lowest BCUT2D eigenvalue weighted by Crippen LogP contribution is -2.45. The van der Waals surface area contributed by atoms with Gasteiger partial charge in [0.2, 0.25) is 12.2 Å². The highest BCUT2D eigenvalue weighted by Gasteiger charge is 2.31. The summed E-state index contributed by atoms with van der Waals surface area (Å²) in [5.41, 5.74) is 3.26. The number of hydrogen-bond acceptors (Lipinski definition) is 8. The summed E-state index contributed by atoms with van der Waals surface area (Å²) in [7, 11) is 2.03. The predicted octanol–water partition coefficient (Wildman–Crippen LogP) is 2.34. The smallest absolute Gasteiger partial charge is 0.276 e. The molecule has 1 unspecified atom stereocenters. The summed E-state index contributed by atoms with van der Waals surface area (Å²) in [6, 6.07) is 6.31. The fourth-order valence-electron chi connectivity index (χ4n) is 4.92. The molecule has 10 nitrogen and oxygen atoms in total. The van der Waals surface area contributed by atoms with Crippen molar-refractivity contribution in [3.8, 4) is 17.2 Å². The first-order chi connectivity index (χ1) is 17.9. The van der Waals surface area contributed by atoms with Crippen LogP contribution in [-0.4, -0.2) is 68.2 Å². The van der Waals surface area contributed by atoms with Crippen molar-refractivity contribution in [1.82, 2.24) is 14.9 Å². The van der Waals surface area contributed by atoms with Gasteiger partial charge in [-0.1, -0.05) is 0 Å². The van der Waals surface area contributed by atoms with E-state index in [1.165, 1.54) is 18.5 Å². The number of aromatic nitrogens is 1. The maximum Gasteiger partial charge on any atom is 0.276 e. The number of rotatable bonds is 4. The van der Waals surface area contributed by atoms with E-state index in [9.17, 15) is 9.59 Å². The van der Waals surface area contributed by atoms with E-state index in [4.69, 9.17) is 14.2 Å². The number of nitrogens with zero attached hydrogens (tertiary/aromatic N) is 4. The van der Waals surface area contributed by atoms with Gasteiger partial charge >= 0.3 is 0 Å². The van der Waals surface area contributed by atoms with Gasteiger partial charge in [-0.05, 0) is 43.8 Å². The molecule has 1 aromatic heterocycles. The van der Waals surface area contributed by atoms with Gasteiger partial charge in [-0.2, -0.15) is 5.10 Å². The number of amides is 1. The third-order valence-electron chi connectivity index (χ3n) is 6.98. The maximum absolute atomic E-state index is 15.5. The van der Waals surface area contributed by atoms with E-state index >= 15 is 4.39 Å². The molecular weight excluding hydrogens is 481 g/mol. The molecule has 192 valence electrons. The van der Waals surface area contributed by atoms with Crippen molar-refractivity contribution in [1.29, 1.82) is 0 Å². The summed E-state index contributed by atoms with van der Waals surface area (Å²) in [6.07, 6.45) is 2.96. The highest BCUT2D eigenvalue weighted by molar-refractivity contribution is 6.00. The molecule has 0 spiro atoms. The number of anilines is 1. The Bertz CT molecular complexity index is 1500. The first-order valence-corrected chi connectivity index (χ1v) is 12.1. The molecule has 1 N–H and O–H groups in total. The standard InChI is InChI=1S/C26H26FN5O5/c1-15-13-35-25-22-17(10-19(27)23(25)31-7-5-30(2)6-8-31)24(33)18(12-32(15)22)26(34)29-28-11-16-3-4-20-21(9-16)37-14-36-20/h3-4,9-12,15H,5-8,13-14H2,1-2H3,(H,29,34)/b28-11+. The van der Waals surface area contributed by atoms with Crippen LogP contribution in [0.5, 0.6) is 17.2 Å². The van der Waals surface area contributed by atoms with E-state index in [1.807, 2.05) is 23.4 Å². The zero-order valence-electron chi connectivity index (χ0n) is 20.5. The molecule has 0 radical (unpaired) electrons.